The van der Waals surface area contributed by atoms with Crippen LogP contribution in [0.15, 0.2) is 18.2 Å². The highest BCUT2D eigenvalue weighted by molar-refractivity contribution is 5.77. The lowest BCUT2D eigenvalue weighted by Crippen LogP contribution is -2.27. The van der Waals surface area contributed by atoms with Gasteiger partial charge in [-0.05, 0) is 30.5 Å². The van der Waals surface area contributed by atoms with Crippen LogP contribution in [0.4, 0.5) is 0 Å². The van der Waals surface area contributed by atoms with Gasteiger partial charge >= 0.3 is 0 Å². The van der Waals surface area contributed by atoms with E-state index in [4.69, 9.17) is 14.2 Å². The second kappa shape index (κ2) is 8.03. The molecule has 1 N–H and O–H groups in total. The van der Waals surface area contributed by atoms with Crippen LogP contribution in [0.1, 0.15) is 32.3 Å². The second-order valence-corrected chi connectivity index (χ2v) is 5.80. The third-order valence-corrected chi connectivity index (χ3v) is 3.67. The van der Waals surface area contributed by atoms with E-state index >= 15 is 0 Å². The molecule has 0 aromatic heterocycles. The number of methoxy groups -OCH3 is 1. The minimum Gasteiger partial charge on any atom is -0.493 e. The van der Waals surface area contributed by atoms with Crippen LogP contribution >= 0.6 is 0 Å². The van der Waals surface area contributed by atoms with Gasteiger partial charge in [0.25, 0.3) is 0 Å². The monoisotopic (exact) mass is 307 g/mol. The first-order chi connectivity index (χ1) is 10.6. The van der Waals surface area contributed by atoms with Crippen molar-refractivity contribution in [2.24, 2.45) is 5.92 Å². The number of carbonyl (C=O) groups is 1. The summed E-state index contributed by atoms with van der Waals surface area (Å²) in [5, 5.41) is 2.89. The quantitative estimate of drug-likeness (QED) is 0.841. The molecule has 122 valence electrons. The molecule has 1 saturated heterocycles. The molecule has 1 aromatic rings. The summed E-state index contributed by atoms with van der Waals surface area (Å²) < 4.78 is 16.7. The Bertz CT molecular complexity index is 495. The van der Waals surface area contributed by atoms with E-state index in [1.54, 1.807) is 7.11 Å². The summed E-state index contributed by atoms with van der Waals surface area (Å²) >= 11 is 0. The Kier molecular flexibility index (Phi) is 6.07. The van der Waals surface area contributed by atoms with Gasteiger partial charge in [-0.25, -0.2) is 0 Å². The molecule has 5 nitrogen and oxygen atoms in total. The molecule has 0 spiro atoms. The number of hydrogen-bond donors (Lipinski definition) is 1. The highest BCUT2D eigenvalue weighted by Gasteiger charge is 2.17. The summed E-state index contributed by atoms with van der Waals surface area (Å²) in [6, 6.07) is 5.71. The molecule has 0 bridgehead atoms. The number of benzene rings is 1. The van der Waals surface area contributed by atoms with Crippen LogP contribution in [0.2, 0.25) is 0 Å². The largest absolute Gasteiger partial charge is 0.493 e. The maximum atomic E-state index is 11.6. The molecule has 1 amide bonds. The normalized spacial score (nSPS) is 17.5. The van der Waals surface area contributed by atoms with E-state index in [0.717, 1.165) is 25.0 Å². The fourth-order valence-electron chi connectivity index (χ4n) is 2.29. The van der Waals surface area contributed by atoms with Gasteiger partial charge in [-0.15, -0.1) is 0 Å². The average molecular weight is 307 g/mol. The Morgan fingerprint density at radius 2 is 2.23 bits per heavy atom. The van der Waals surface area contributed by atoms with Crippen molar-refractivity contribution in [3.63, 3.8) is 0 Å². The minimum atomic E-state index is -0.0177. The number of rotatable bonds is 7. The molecular weight excluding hydrogens is 282 g/mol. The van der Waals surface area contributed by atoms with Gasteiger partial charge in [0.2, 0.25) is 5.91 Å². The fourth-order valence-corrected chi connectivity index (χ4v) is 2.29. The van der Waals surface area contributed by atoms with Gasteiger partial charge in [-0.2, -0.15) is 0 Å². The Morgan fingerprint density at radius 1 is 1.41 bits per heavy atom. The molecule has 0 saturated carbocycles. The molecule has 1 atom stereocenters. The van der Waals surface area contributed by atoms with Crippen molar-refractivity contribution in [3.8, 4) is 11.5 Å². The van der Waals surface area contributed by atoms with Gasteiger partial charge in [-0.1, -0.05) is 19.9 Å². The third kappa shape index (κ3) is 4.63. The minimum absolute atomic E-state index is 0.0177. The number of hydrogen-bond acceptors (Lipinski definition) is 4. The van der Waals surface area contributed by atoms with Crippen molar-refractivity contribution >= 4 is 5.91 Å². The lowest BCUT2D eigenvalue weighted by molar-refractivity contribution is -0.124. The second-order valence-electron chi connectivity index (χ2n) is 5.80. The van der Waals surface area contributed by atoms with E-state index in [0.29, 0.717) is 24.7 Å². The van der Waals surface area contributed by atoms with Gasteiger partial charge in [0.15, 0.2) is 11.5 Å². The first-order valence-electron chi connectivity index (χ1n) is 7.79. The van der Waals surface area contributed by atoms with Gasteiger partial charge in [0.1, 0.15) is 6.61 Å². The first-order valence-corrected chi connectivity index (χ1v) is 7.79. The predicted molar refractivity (Wildman–Crippen MR) is 84.1 cm³/mol. The lowest BCUT2D eigenvalue weighted by atomic mass is 10.1. The van der Waals surface area contributed by atoms with Crippen LogP contribution in [-0.4, -0.2) is 32.3 Å². The first kappa shape index (κ1) is 16.6. The fraction of sp³-hybridized carbons (Fsp3) is 0.588. The number of nitrogens with one attached hydrogen (secondary N) is 1. The predicted octanol–water partition coefficient (Wildman–Crippen LogP) is 2.53. The Hall–Kier alpha value is -1.75. The molecule has 0 radical (unpaired) electrons. The molecule has 1 fully saturated rings. The van der Waals surface area contributed by atoms with Crippen molar-refractivity contribution in [2.45, 2.75) is 39.3 Å². The lowest BCUT2D eigenvalue weighted by Gasteiger charge is -2.15. The number of ether oxygens (including phenoxy) is 3. The van der Waals surface area contributed by atoms with Crippen molar-refractivity contribution in [1.82, 2.24) is 5.32 Å². The van der Waals surface area contributed by atoms with Gasteiger partial charge in [-0.3, -0.25) is 4.79 Å². The molecule has 1 aromatic carbocycles. The number of carbonyl (C=O) groups excluding carboxylic acids is 1. The van der Waals surface area contributed by atoms with E-state index in [1.807, 2.05) is 32.0 Å². The van der Waals surface area contributed by atoms with E-state index in [-0.39, 0.29) is 17.9 Å². The van der Waals surface area contributed by atoms with Crippen molar-refractivity contribution < 1.29 is 19.0 Å². The standard InChI is InChI=1S/C17H25NO4/c1-12(2)17(19)18-10-13-6-7-15(16(9-13)20-3)22-11-14-5-4-8-21-14/h6-7,9,12,14H,4-5,8,10-11H2,1-3H3,(H,18,19)/t14-/m0/s1. The van der Waals surface area contributed by atoms with Gasteiger partial charge < -0.3 is 19.5 Å². The van der Waals surface area contributed by atoms with Crippen LogP contribution in [0.25, 0.3) is 0 Å². The van der Waals surface area contributed by atoms with Crippen molar-refractivity contribution in [2.75, 3.05) is 20.3 Å². The van der Waals surface area contributed by atoms with Crippen LogP contribution < -0.4 is 14.8 Å². The third-order valence-electron chi connectivity index (χ3n) is 3.67. The highest BCUT2D eigenvalue weighted by Crippen LogP contribution is 2.29. The summed E-state index contributed by atoms with van der Waals surface area (Å²) in [4.78, 5) is 11.6. The van der Waals surface area contributed by atoms with E-state index in [9.17, 15) is 4.79 Å². The van der Waals surface area contributed by atoms with Crippen LogP contribution in [0.5, 0.6) is 11.5 Å². The molecule has 1 aliphatic heterocycles. The van der Waals surface area contributed by atoms with Crippen LogP contribution in [0.3, 0.4) is 0 Å². The van der Waals surface area contributed by atoms with Gasteiger partial charge in [0, 0.05) is 19.1 Å². The van der Waals surface area contributed by atoms with E-state index in [1.165, 1.54) is 0 Å². The molecule has 1 aliphatic rings. The molecule has 0 unspecified atom stereocenters. The van der Waals surface area contributed by atoms with E-state index in [2.05, 4.69) is 5.32 Å². The summed E-state index contributed by atoms with van der Waals surface area (Å²) in [5.74, 6) is 1.40. The zero-order chi connectivity index (χ0) is 15.9. The van der Waals surface area contributed by atoms with Gasteiger partial charge in [0.05, 0.1) is 13.2 Å². The average Bonchev–Trinajstić information content (AvgIpc) is 3.04. The Balaban J connectivity index is 1.93. The Labute approximate surface area is 131 Å². The zero-order valence-electron chi connectivity index (χ0n) is 13.6. The summed E-state index contributed by atoms with van der Waals surface area (Å²) in [5.41, 5.74) is 0.982. The van der Waals surface area contributed by atoms with Crippen LogP contribution in [0, 0.1) is 5.92 Å². The van der Waals surface area contributed by atoms with Crippen molar-refractivity contribution in [3.05, 3.63) is 23.8 Å². The molecular formula is C17H25NO4. The molecule has 5 heteroatoms. The maximum absolute atomic E-state index is 11.6. The molecule has 22 heavy (non-hydrogen) atoms. The Morgan fingerprint density at radius 3 is 2.86 bits per heavy atom. The van der Waals surface area contributed by atoms with Crippen molar-refractivity contribution in [1.29, 1.82) is 0 Å². The number of amides is 1. The molecule has 2 rings (SSSR count). The maximum Gasteiger partial charge on any atom is 0.222 e. The SMILES string of the molecule is COc1cc(CNC(=O)C(C)C)ccc1OC[C@@H]1CCCO1. The molecule has 1 heterocycles. The summed E-state index contributed by atoms with van der Waals surface area (Å²) in [6.45, 7) is 5.59. The zero-order valence-corrected chi connectivity index (χ0v) is 13.6. The smallest absolute Gasteiger partial charge is 0.222 e. The molecule has 0 aliphatic carbocycles. The van der Waals surface area contributed by atoms with Crippen LogP contribution in [-0.2, 0) is 16.1 Å². The highest BCUT2D eigenvalue weighted by atomic mass is 16.5. The topological polar surface area (TPSA) is 56.8 Å². The van der Waals surface area contributed by atoms with E-state index < -0.39 is 0 Å². The summed E-state index contributed by atoms with van der Waals surface area (Å²) in [7, 11) is 1.62. The summed E-state index contributed by atoms with van der Waals surface area (Å²) in [6.07, 6.45) is 2.32.